The van der Waals surface area contributed by atoms with Gasteiger partial charge in [-0.25, -0.2) is 0 Å². The Morgan fingerprint density at radius 3 is 2.35 bits per heavy atom. The van der Waals surface area contributed by atoms with E-state index in [1.165, 1.54) is 5.56 Å². The van der Waals surface area contributed by atoms with E-state index in [9.17, 15) is 4.79 Å². The van der Waals surface area contributed by atoms with Crippen molar-refractivity contribution in [3.8, 4) is 0 Å². The Morgan fingerprint density at radius 2 is 1.65 bits per heavy atom. The Balaban J connectivity index is 1.98. The Bertz CT molecular complexity index is 594. The van der Waals surface area contributed by atoms with Gasteiger partial charge in [-0.1, -0.05) is 54.1 Å². The van der Waals surface area contributed by atoms with Gasteiger partial charge in [-0.3, -0.25) is 4.79 Å². The minimum Gasteiger partial charge on any atom is -0.356 e. The molecule has 0 bridgehead atoms. The largest absolute Gasteiger partial charge is 0.356 e. The van der Waals surface area contributed by atoms with Gasteiger partial charge in [0.15, 0.2) is 0 Å². The van der Waals surface area contributed by atoms with Gasteiger partial charge in [-0.15, -0.1) is 0 Å². The number of hydrogen-bond acceptors (Lipinski definition) is 1. The number of rotatable bonds is 2. The normalized spacial score (nSPS) is 22.4. The zero-order valence-electron chi connectivity index (χ0n) is 11.1. The predicted octanol–water partition coefficient (Wildman–Crippen LogP) is 3.73. The highest BCUT2D eigenvalue weighted by molar-refractivity contribution is 6.30. The van der Waals surface area contributed by atoms with Gasteiger partial charge < -0.3 is 5.32 Å². The molecule has 0 saturated carbocycles. The van der Waals surface area contributed by atoms with Crippen LogP contribution < -0.4 is 5.32 Å². The molecule has 1 saturated heterocycles. The monoisotopic (exact) mass is 285 g/mol. The van der Waals surface area contributed by atoms with Gasteiger partial charge in [0.25, 0.3) is 0 Å². The van der Waals surface area contributed by atoms with E-state index in [2.05, 4.69) is 5.32 Å². The fraction of sp³-hybridized carbons (Fsp3) is 0.235. The molecule has 0 aromatic heterocycles. The zero-order chi connectivity index (χ0) is 13.9. The van der Waals surface area contributed by atoms with Crippen molar-refractivity contribution in [2.24, 2.45) is 0 Å². The highest BCUT2D eigenvalue weighted by Gasteiger charge is 2.33. The van der Waals surface area contributed by atoms with Gasteiger partial charge in [0.1, 0.15) is 0 Å². The second-order valence-electron chi connectivity index (χ2n) is 5.13. The molecule has 3 heteroatoms. The molecular formula is C17H16ClNO. The van der Waals surface area contributed by atoms with E-state index in [0.29, 0.717) is 0 Å². The first-order valence-electron chi connectivity index (χ1n) is 6.84. The topological polar surface area (TPSA) is 29.1 Å². The van der Waals surface area contributed by atoms with E-state index < -0.39 is 0 Å². The molecule has 1 aliphatic heterocycles. The van der Waals surface area contributed by atoms with E-state index in [4.69, 9.17) is 11.6 Å². The summed E-state index contributed by atoms with van der Waals surface area (Å²) in [5.41, 5.74) is 2.25. The average Bonchev–Trinajstić information content (AvgIpc) is 2.49. The third-order valence-electron chi connectivity index (χ3n) is 3.90. The summed E-state index contributed by atoms with van der Waals surface area (Å²) in [6, 6.07) is 17.8. The molecular weight excluding hydrogens is 270 g/mol. The average molecular weight is 286 g/mol. The minimum atomic E-state index is -0.119. The van der Waals surface area contributed by atoms with Crippen LogP contribution in [0.3, 0.4) is 0 Å². The van der Waals surface area contributed by atoms with Crippen LogP contribution in [0.2, 0.25) is 5.02 Å². The molecule has 1 amide bonds. The van der Waals surface area contributed by atoms with Crippen LogP contribution in [-0.2, 0) is 4.79 Å². The SMILES string of the molecule is O=C1NCC[C@@H](c2ccc(Cl)cc2)[C@@H]1c1ccccc1. The van der Waals surface area contributed by atoms with E-state index in [1.54, 1.807) is 0 Å². The zero-order valence-corrected chi connectivity index (χ0v) is 11.8. The molecule has 1 heterocycles. The third kappa shape index (κ3) is 2.56. The van der Waals surface area contributed by atoms with Crippen molar-refractivity contribution in [1.82, 2.24) is 5.32 Å². The highest BCUT2D eigenvalue weighted by atomic mass is 35.5. The van der Waals surface area contributed by atoms with Crippen LogP contribution in [0, 0.1) is 0 Å². The van der Waals surface area contributed by atoms with Crippen LogP contribution >= 0.6 is 11.6 Å². The number of benzene rings is 2. The molecule has 1 aliphatic rings. The Morgan fingerprint density at radius 1 is 0.950 bits per heavy atom. The second kappa shape index (κ2) is 5.68. The lowest BCUT2D eigenvalue weighted by Gasteiger charge is -2.31. The summed E-state index contributed by atoms with van der Waals surface area (Å²) in [6.45, 7) is 0.732. The summed E-state index contributed by atoms with van der Waals surface area (Å²) >= 11 is 5.95. The lowest BCUT2D eigenvalue weighted by molar-refractivity contribution is -0.124. The smallest absolute Gasteiger partial charge is 0.228 e. The van der Waals surface area contributed by atoms with Crippen molar-refractivity contribution in [2.45, 2.75) is 18.3 Å². The molecule has 2 aromatic rings. The summed E-state index contributed by atoms with van der Waals surface area (Å²) < 4.78 is 0. The molecule has 102 valence electrons. The second-order valence-corrected chi connectivity index (χ2v) is 5.56. The number of halogens is 1. The summed E-state index contributed by atoms with van der Waals surface area (Å²) in [5, 5.41) is 3.70. The molecule has 1 N–H and O–H groups in total. The van der Waals surface area contributed by atoms with Crippen LogP contribution in [0.1, 0.15) is 29.4 Å². The lowest BCUT2D eigenvalue weighted by Crippen LogP contribution is -2.39. The standard InChI is InChI=1S/C17H16ClNO/c18-14-8-6-12(7-9-14)15-10-11-19-17(20)16(15)13-4-2-1-3-5-13/h1-9,15-16H,10-11H2,(H,19,20)/t15-,16-/m0/s1. The number of carbonyl (C=O) groups is 1. The molecule has 1 fully saturated rings. The fourth-order valence-corrected chi connectivity index (χ4v) is 3.05. The Labute approximate surface area is 123 Å². The van der Waals surface area contributed by atoms with Gasteiger partial charge in [0, 0.05) is 17.5 Å². The first-order chi connectivity index (χ1) is 9.75. The molecule has 2 nitrogen and oxygen atoms in total. The number of hydrogen-bond donors (Lipinski definition) is 1. The van der Waals surface area contributed by atoms with Crippen LogP contribution in [0.4, 0.5) is 0 Å². The molecule has 20 heavy (non-hydrogen) atoms. The van der Waals surface area contributed by atoms with Crippen molar-refractivity contribution in [2.75, 3.05) is 6.54 Å². The maximum absolute atomic E-state index is 12.3. The summed E-state index contributed by atoms with van der Waals surface area (Å²) in [5.74, 6) is 0.206. The predicted molar refractivity (Wildman–Crippen MR) is 81.0 cm³/mol. The summed E-state index contributed by atoms with van der Waals surface area (Å²) in [4.78, 5) is 12.3. The maximum Gasteiger partial charge on any atom is 0.228 e. The van der Waals surface area contributed by atoms with Gasteiger partial charge in [0.2, 0.25) is 5.91 Å². The summed E-state index contributed by atoms with van der Waals surface area (Å²) in [7, 11) is 0. The fourth-order valence-electron chi connectivity index (χ4n) is 2.92. The molecule has 0 radical (unpaired) electrons. The van der Waals surface area contributed by atoms with Gasteiger partial charge in [-0.2, -0.15) is 0 Å². The van der Waals surface area contributed by atoms with Crippen molar-refractivity contribution >= 4 is 17.5 Å². The number of carbonyl (C=O) groups excluding carboxylic acids is 1. The molecule has 0 aliphatic carbocycles. The van der Waals surface area contributed by atoms with E-state index in [0.717, 1.165) is 23.6 Å². The third-order valence-corrected chi connectivity index (χ3v) is 4.15. The molecule has 2 atom stereocenters. The van der Waals surface area contributed by atoms with Crippen LogP contribution in [0.5, 0.6) is 0 Å². The molecule has 0 spiro atoms. The van der Waals surface area contributed by atoms with E-state index in [-0.39, 0.29) is 17.7 Å². The van der Waals surface area contributed by atoms with E-state index >= 15 is 0 Å². The minimum absolute atomic E-state index is 0.113. The van der Waals surface area contributed by atoms with Crippen molar-refractivity contribution in [3.05, 3.63) is 70.7 Å². The first-order valence-corrected chi connectivity index (χ1v) is 7.21. The van der Waals surface area contributed by atoms with Crippen LogP contribution in [0.25, 0.3) is 0 Å². The highest BCUT2D eigenvalue weighted by Crippen LogP contribution is 2.38. The van der Waals surface area contributed by atoms with Gasteiger partial charge in [0.05, 0.1) is 5.92 Å². The number of nitrogens with one attached hydrogen (secondary N) is 1. The van der Waals surface area contributed by atoms with Crippen LogP contribution in [-0.4, -0.2) is 12.5 Å². The Hall–Kier alpha value is -1.80. The van der Waals surface area contributed by atoms with Gasteiger partial charge >= 0.3 is 0 Å². The first kappa shape index (κ1) is 13.2. The van der Waals surface area contributed by atoms with E-state index in [1.807, 2.05) is 54.6 Å². The number of piperidine rings is 1. The summed E-state index contributed by atoms with van der Waals surface area (Å²) in [6.07, 6.45) is 0.951. The van der Waals surface area contributed by atoms with Crippen LogP contribution in [0.15, 0.2) is 54.6 Å². The Kier molecular flexibility index (Phi) is 3.75. The van der Waals surface area contributed by atoms with Gasteiger partial charge in [-0.05, 0) is 29.7 Å². The molecule has 2 aromatic carbocycles. The van der Waals surface area contributed by atoms with Crippen molar-refractivity contribution in [1.29, 1.82) is 0 Å². The molecule has 3 rings (SSSR count). The number of amides is 1. The van der Waals surface area contributed by atoms with Crippen molar-refractivity contribution in [3.63, 3.8) is 0 Å². The van der Waals surface area contributed by atoms with Crippen molar-refractivity contribution < 1.29 is 4.79 Å². The lowest BCUT2D eigenvalue weighted by atomic mass is 9.77. The maximum atomic E-state index is 12.3. The quantitative estimate of drug-likeness (QED) is 0.895. The molecule has 0 unspecified atom stereocenters.